The van der Waals surface area contributed by atoms with Gasteiger partial charge in [-0.25, -0.2) is 9.18 Å². The number of amides is 1. The molecule has 0 aliphatic heterocycles. The minimum absolute atomic E-state index is 0.0730. The number of anilines is 1. The van der Waals surface area contributed by atoms with Crippen LogP contribution in [0.1, 0.15) is 20.0 Å². The summed E-state index contributed by atoms with van der Waals surface area (Å²) in [5.41, 5.74) is 0.399. The van der Waals surface area contributed by atoms with Crippen molar-refractivity contribution in [1.82, 2.24) is 0 Å². The molecule has 0 saturated carbocycles. The summed E-state index contributed by atoms with van der Waals surface area (Å²) in [6.07, 6.45) is 0. The molecule has 0 spiro atoms. The largest absolute Gasteiger partial charge is 0.465 e. The van der Waals surface area contributed by atoms with Crippen LogP contribution in [0.15, 0.2) is 54.6 Å². The van der Waals surface area contributed by atoms with Crippen molar-refractivity contribution in [3.63, 3.8) is 0 Å². The van der Waals surface area contributed by atoms with Gasteiger partial charge in [0, 0.05) is 10.4 Å². The number of benzene rings is 2. The van der Waals surface area contributed by atoms with Gasteiger partial charge in [0.2, 0.25) is 0 Å². The number of rotatable bonds is 4. The van der Waals surface area contributed by atoms with Gasteiger partial charge in [-0.05, 0) is 36.4 Å². The third kappa shape index (κ3) is 3.84. The topological polar surface area (TPSA) is 46.6 Å². The van der Waals surface area contributed by atoms with Crippen LogP contribution in [0, 0.1) is 5.82 Å². The first-order valence-corrected chi connectivity index (χ1v) is 8.84. The SMILES string of the molecule is COC(=O)c1ccc(-c2ccc(C(=O)N(F)c3ccccc3F)s2)c(Cl)c1. The fraction of sp³-hybridized carbons (Fsp3) is 0.0526. The number of carbonyl (C=O) groups excluding carboxylic acids is 2. The molecule has 0 bridgehead atoms. The van der Waals surface area contributed by atoms with E-state index in [1.165, 1.54) is 43.5 Å². The lowest BCUT2D eigenvalue weighted by molar-refractivity contribution is 0.0600. The molecular formula is C19H12ClF2NO3S. The highest BCUT2D eigenvalue weighted by Crippen LogP contribution is 2.35. The predicted molar refractivity (Wildman–Crippen MR) is 100 cm³/mol. The highest BCUT2D eigenvalue weighted by Gasteiger charge is 2.22. The second-order valence-electron chi connectivity index (χ2n) is 5.39. The highest BCUT2D eigenvalue weighted by molar-refractivity contribution is 7.17. The third-order valence-electron chi connectivity index (χ3n) is 3.71. The van der Waals surface area contributed by atoms with Gasteiger partial charge >= 0.3 is 5.97 Å². The number of esters is 1. The van der Waals surface area contributed by atoms with Crippen LogP contribution in [-0.4, -0.2) is 19.0 Å². The Morgan fingerprint density at radius 1 is 1.11 bits per heavy atom. The van der Waals surface area contributed by atoms with E-state index in [4.69, 9.17) is 11.6 Å². The van der Waals surface area contributed by atoms with Crippen molar-refractivity contribution >= 4 is 40.5 Å². The Labute approximate surface area is 162 Å². The van der Waals surface area contributed by atoms with E-state index >= 15 is 0 Å². The summed E-state index contributed by atoms with van der Waals surface area (Å²) in [6, 6.07) is 12.7. The molecule has 0 atom stereocenters. The van der Waals surface area contributed by atoms with Crippen LogP contribution < -0.4 is 5.12 Å². The Balaban J connectivity index is 1.88. The van der Waals surface area contributed by atoms with Gasteiger partial charge in [0.25, 0.3) is 5.91 Å². The summed E-state index contributed by atoms with van der Waals surface area (Å²) < 4.78 is 32.6. The van der Waals surface area contributed by atoms with Crippen LogP contribution >= 0.6 is 22.9 Å². The van der Waals surface area contributed by atoms with Gasteiger partial charge in [0.1, 0.15) is 11.5 Å². The lowest BCUT2D eigenvalue weighted by Crippen LogP contribution is -2.21. The Bertz CT molecular complexity index is 1020. The van der Waals surface area contributed by atoms with Gasteiger partial charge in [-0.3, -0.25) is 4.79 Å². The standard InChI is InChI=1S/C19H12ClF2NO3S/c1-26-19(25)11-6-7-12(13(20)10-11)16-8-9-17(27-16)18(24)23(22)15-5-3-2-4-14(15)21/h2-10H,1H3. The van der Waals surface area contributed by atoms with Crippen LogP contribution in [0.3, 0.4) is 0 Å². The van der Waals surface area contributed by atoms with Crippen molar-refractivity contribution in [3.05, 3.63) is 75.9 Å². The normalized spacial score (nSPS) is 10.5. The minimum Gasteiger partial charge on any atom is -0.465 e. The maximum atomic E-state index is 14.3. The molecular weight excluding hydrogens is 396 g/mol. The summed E-state index contributed by atoms with van der Waals surface area (Å²) in [6.45, 7) is 0. The van der Waals surface area contributed by atoms with Crippen molar-refractivity contribution in [1.29, 1.82) is 0 Å². The van der Waals surface area contributed by atoms with Crippen molar-refractivity contribution in [2.24, 2.45) is 0 Å². The van der Waals surface area contributed by atoms with E-state index in [9.17, 15) is 18.5 Å². The van der Waals surface area contributed by atoms with Crippen LogP contribution in [-0.2, 0) is 4.74 Å². The molecule has 0 saturated heterocycles. The van der Waals surface area contributed by atoms with Gasteiger partial charge < -0.3 is 4.74 Å². The molecule has 138 valence electrons. The molecule has 0 N–H and O–H groups in total. The molecule has 2 aromatic carbocycles. The third-order valence-corrected chi connectivity index (χ3v) is 5.13. The zero-order valence-electron chi connectivity index (χ0n) is 13.9. The zero-order chi connectivity index (χ0) is 19.6. The molecule has 0 fully saturated rings. The van der Waals surface area contributed by atoms with Crippen LogP contribution in [0.4, 0.5) is 14.6 Å². The minimum atomic E-state index is -0.987. The molecule has 0 unspecified atom stereocenters. The molecule has 1 amide bonds. The molecule has 3 rings (SSSR count). The zero-order valence-corrected chi connectivity index (χ0v) is 15.5. The van der Waals surface area contributed by atoms with Crippen molar-refractivity contribution in [2.75, 3.05) is 12.2 Å². The number of carbonyl (C=O) groups is 2. The van der Waals surface area contributed by atoms with Crippen molar-refractivity contribution in [2.45, 2.75) is 0 Å². The number of hydrogen-bond donors (Lipinski definition) is 0. The fourth-order valence-corrected chi connectivity index (χ4v) is 3.68. The number of ether oxygens (including phenoxy) is 1. The second-order valence-corrected chi connectivity index (χ2v) is 6.88. The van der Waals surface area contributed by atoms with Gasteiger partial charge in [-0.1, -0.05) is 34.3 Å². The predicted octanol–water partition coefficient (Wildman–Crippen LogP) is 5.53. The second kappa shape index (κ2) is 7.85. The lowest BCUT2D eigenvalue weighted by atomic mass is 10.1. The van der Waals surface area contributed by atoms with Crippen molar-refractivity contribution < 1.29 is 23.2 Å². The van der Waals surface area contributed by atoms with E-state index in [1.807, 2.05) is 0 Å². The summed E-state index contributed by atoms with van der Waals surface area (Å²) in [5, 5.41) is 0.0531. The number of methoxy groups -OCH3 is 1. The van der Waals surface area contributed by atoms with Gasteiger partial charge in [0.05, 0.1) is 22.6 Å². The molecule has 27 heavy (non-hydrogen) atoms. The molecule has 0 radical (unpaired) electrons. The highest BCUT2D eigenvalue weighted by atomic mass is 35.5. The number of thiophene rings is 1. The Hall–Kier alpha value is -2.77. The number of hydrogen-bond acceptors (Lipinski definition) is 4. The first-order valence-electron chi connectivity index (χ1n) is 7.65. The van der Waals surface area contributed by atoms with E-state index in [2.05, 4.69) is 4.74 Å². The number of nitrogens with zero attached hydrogens (tertiary/aromatic N) is 1. The van der Waals surface area contributed by atoms with Crippen LogP contribution in [0.2, 0.25) is 5.02 Å². The first-order chi connectivity index (χ1) is 12.9. The van der Waals surface area contributed by atoms with Gasteiger partial charge in [0.15, 0.2) is 0 Å². The average molecular weight is 408 g/mol. The molecule has 1 aromatic heterocycles. The quantitative estimate of drug-likeness (QED) is 0.422. The van der Waals surface area contributed by atoms with E-state index in [1.54, 1.807) is 12.1 Å². The average Bonchev–Trinajstić information content (AvgIpc) is 3.16. The number of halogens is 3. The van der Waals surface area contributed by atoms with Crippen molar-refractivity contribution in [3.8, 4) is 10.4 Å². The first kappa shape index (κ1) is 19.0. The Morgan fingerprint density at radius 2 is 1.85 bits per heavy atom. The number of para-hydroxylation sites is 1. The Morgan fingerprint density at radius 3 is 2.52 bits per heavy atom. The molecule has 0 aliphatic rings. The molecule has 8 heteroatoms. The van der Waals surface area contributed by atoms with Gasteiger partial charge in [-0.2, -0.15) is 0 Å². The lowest BCUT2D eigenvalue weighted by Gasteiger charge is -2.11. The summed E-state index contributed by atoms with van der Waals surface area (Å²) in [4.78, 5) is 24.5. The molecule has 4 nitrogen and oxygen atoms in total. The molecule has 3 aromatic rings. The summed E-state index contributed by atoms with van der Waals surface area (Å²) in [7, 11) is 1.26. The van der Waals surface area contributed by atoms with E-state index in [-0.39, 0.29) is 20.6 Å². The maximum Gasteiger partial charge on any atom is 0.337 e. The smallest absolute Gasteiger partial charge is 0.337 e. The van der Waals surface area contributed by atoms with Crippen LogP contribution in [0.5, 0.6) is 0 Å². The Kier molecular flexibility index (Phi) is 5.53. The monoisotopic (exact) mass is 407 g/mol. The van der Waals surface area contributed by atoms with Gasteiger partial charge in [-0.15, -0.1) is 16.5 Å². The van der Waals surface area contributed by atoms with E-state index in [0.717, 1.165) is 17.4 Å². The molecule has 0 aliphatic carbocycles. The summed E-state index contributed by atoms with van der Waals surface area (Å²) >= 11 is 7.22. The van der Waals surface area contributed by atoms with E-state index in [0.29, 0.717) is 10.4 Å². The summed E-state index contributed by atoms with van der Waals surface area (Å²) in [5.74, 6) is -2.35. The van der Waals surface area contributed by atoms with Crippen LogP contribution in [0.25, 0.3) is 10.4 Å². The fourth-order valence-electron chi connectivity index (χ4n) is 2.37. The molecule has 1 heterocycles. The van der Waals surface area contributed by atoms with E-state index < -0.39 is 23.4 Å². The maximum absolute atomic E-state index is 14.3.